The molecule has 1 saturated heterocycles. The summed E-state index contributed by atoms with van der Waals surface area (Å²) in [5.74, 6) is 3.01. The summed E-state index contributed by atoms with van der Waals surface area (Å²) in [5.41, 5.74) is 1.66. The second kappa shape index (κ2) is 6.44. The molecule has 4 heteroatoms. The van der Waals surface area contributed by atoms with Gasteiger partial charge in [0.15, 0.2) is 0 Å². The lowest BCUT2D eigenvalue weighted by atomic mass is 9.48. The minimum Gasteiger partial charge on any atom is -0.341 e. The van der Waals surface area contributed by atoms with Crippen LogP contribution in [0.4, 0.5) is 0 Å². The van der Waals surface area contributed by atoms with Crippen LogP contribution >= 0.6 is 0 Å². The van der Waals surface area contributed by atoms with Gasteiger partial charge in [-0.25, -0.2) is 0 Å². The van der Waals surface area contributed by atoms with E-state index in [1.165, 1.54) is 44.1 Å². The molecule has 0 aromatic rings. The summed E-state index contributed by atoms with van der Waals surface area (Å²) in [6.07, 6.45) is 11.1. The number of hydrogen-bond acceptors (Lipinski definition) is 2. The van der Waals surface area contributed by atoms with E-state index in [4.69, 9.17) is 0 Å². The molecule has 0 aromatic carbocycles. The van der Waals surface area contributed by atoms with Crippen molar-refractivity contribution in [3.8, 4) is 0 Å². The number of hydrogen-bond donors (Lipinski definition) is 0. The summed E-state index contributed by atoms with van der Waals surface area (Å²) in [6.45, 7) is 6.72. The van der Waals surface area contributed by atoms with E-state index in [-0.39, 0.29) is 11.8 Å². The first-order valence-corrected chi connectivity index (χ1v) is 10.2. The normalized spacial score (nSPS) is 38.0. The van der Waals surface area contributed by atoms with E-state index in [1.54, 1.807) is 6.92 Å². The second-order valence-corrected chi connectivity index (χ2v) is 9.21. The lowest BCUT2D eigenvalue weighted by Gasteiger charge is -2.57. The molecule has 5 rings (SSSR count). The van der Waals surface area contributed by atoms with E-state index in [0.717, 1.165) is 37.3 Å². The molecule has 1 aliphatic heterocycles. The van der Waals surface area contributed by atoms with Gasteiger partial charge in [0.05, 0.1) is 0 Å². The molecule has 0 atom stereocenters. The van der Waals surface area contributed by atoms with Crippen LogP contribution in [0.25, 0.3) is 0 Å². The van der Waals surface area contributed by atoms with Crippen molar-refractivity contribution in [2.75, 3.05) is 26.2 Å². The zero-order valence-corrected chi connectivity index (χ0v) is 15.8. The van der Waals surface area contributed by atoms with Crippen LogP contribution in [0.15, 0.2) is 11.6 Å². The molecular weight excluding hydrogens is 312 g/mol. The summed E-state index contributed by atoms with van der Waals surface area (Å²) in [5, 5.41) is 0. The number of allylic oxidation sites excluding steroid dienone is 1. The molecule has 4 bridgehead atoms. The van der Waals surface area contributed by atoms with E-state index < -0.39 is 0 Å². The fourth-order valence-corrected chi connectivity index (χ4v) is 6.48. The molecule has 0 aromatic heterocycles. The van der Waals surface area contributed by atoms with Gasteiger partial charge in [-0.3, -0.25) is 9.59 Å². The summed E-state index contributed by atoms with van der Waals surface area (Å²) in [6, 6.07) is 0. The van der Waals surface area contributed by atoms with Crippen molar-refractivity contribution in [2.24, 2.45) is 23.2 Å². The van der Waals surface area contributed by atoms with Crippen LogP contribution in [-0.2, 0) is 9.59 Å². The summed E-state index contributed by atoms with van der Waals surface area (Å²) in [7, 11) is 0. The third-order valence-electron chi connectivity index (χ3n) is 7.47. The molecular formula is C21H32N2O2. The van der Waals surface area contributed by atoms with Gasteiger partial charge in [0, 0.05) is 39.2 Å². The minimum atomic E-state index is 0.120. The molecule has 0 N–H and O–H groups in total. The Kier molecular flexibility index (Phi) is 4.41. The molecule has 4 nitrogen and oxygen atoms in total. The zero-order valence-electron chi connectivity index (χ0n) is 15.8. The van der Waals surface area contributed by atoms with Crippen molar-refractivity contribution in [2.45, 2.75) is 58.8 Å². The van der Waals surface area contributed by atoms with E-state index >= 15 is 0 Å². The Bertz CT molecular complexity index is 559. The quantitative estimate of drug-likeness (QED) is 0.722. The van der Waals surface area contributed by atoms with Crippen LogP contribution < -0.4 is 0 Å². The molecule has 0 radical (unpaired) electrons. The van der Waals surface area contributed by atoms with Gasteiger partial charge in [0.1, 0.15) is 0 Å². The van der Waals surface area contributed by atoms with Crippen LogP contribution in [0.5, 0.6) is 0 Å². The fourth-order valence-electron chi connectivity index (χ4n) is 6.48. The van der Waals surface area contributed by atoms with Crippen LogP contribution in [0, 0.1) is 23.2 Å². The Morgan fingerprint density at radius 2 is 1.36 bits per heavy atom. The lowest BCUT2D eigenvalue weighted by molar-refractivity contribution is -0.130. The first kappa shape index (κ1) is 17.1. The Hall–Kier alpha value is -1.32. The molecule has 0 spiro atoms. The van der Waals surface area contributed by atoms with Crippen molar-refractivity contribution in [3.05, 3.63) is 11.6 Å². The second-order valence-electron chi connectivity index (χ2n) is 9.21. The molecule has 5 fully saturated rings. The van der Waals surface area contributed by atoms with Gasteiger partial charge < -0.3 is 9.80 Å². The number of rotatable bonds is 2. The predicted octanol–water partition coefficient (Wildman–Crippen LogP) is 3.23. The van der Waals surface area contributed by atoms with E-state index in [0.29, 0.717) is 18.5 Å². The Labute approximate surface area is 151 Å². The zero-order chi connectivity index (χ0) is 17.6. The maximum atomic E-state index is 12.9. The Balaban J connectivity index is 1.45. The smallest absolute Gasteiger partial charge is 0.246 e. The molecule has 0 unspecified atom stereocenters. The molecule has 2 amide bonds. The van der Waals surface area contributed by atoms with Crippen LogP contribution in [0.3, 0.4) is 0 Å². The standard InChI is InChI=1S/C21H32N2O2/c1-15(21-12-17-9-18(13-21)11-19(10-17)14-21)8-20(25)23-5-3-4-22(6-7-23)16(2)24/h8,17-19H,3-7,9-14H2,1-2H3/b15-8+. The Morgan fingerprint density at radius 3 is 1.92 bits per heavy atom. The van der Waals surface area contributed by atoms with Gasteiger partial charge in [0.25, 0.3) is 0 Å². The molecule has 1 heterocycles. The number of amides is 2. The van der Waals surface area contributed by atoms with Gasteiger partial charge in [-0.15, -0.1) is 0 Å². The summed E-state index contributed by atoms with van der Waals surface area (Å²) >= 11 is 0. The topological polar surface area (TPSA) is 40.6 Å². The summed E-state index contributed by atoms with van der Waals surface area (Å²) in [4.78, 5) is 28.3. The molecule has 4 saturated carbocycles. The highest BCUT2D eigenvalue weighted by atomic mass is 16.2. The number of nitrogens with zero attached hydrogens (tertiary/aromatic N) is 2. The molecule has 25 heavy (non-hydrogen) atoms. The maximum Gasteiger partial charge on any atom is 0.246 e. The van der Waals surface area contributed by atoms with Gasteiger partial charge in [-0.05, 0) is 75.0 Å². The first-order valence-electron chi connectivity index (χ1n) is 10.2. The summed E-state index contributed by atoms with van der Waals surface area (Å²) < 4.78 is 0. The lowest BCUT2D eigenvalue weighted by Crippen LogP contribution is -2.46. The monoisotopic (exact) mass is 344 g/mol. The third-order valence-corrected chi connectivity index (χ3v) is 7.47. The van der Waals surface area contributed by atoms with Crippen LogP contribution in [0.1, 0.15) is 58.8 Å². The third kappa shape index (κ3) is 3.24. The maximum absolute atomic E-state index is 12.9. The van der Waals surface area contributed by atoms with Gasteiger partial charge in [-0.2, -0.15) is 0 Å². The fraction of sp³-hybridized carbons (Fsp3) is 0.810. The van der Waals surface area contributed by atoms with Crippen molar-refractivity contribution in [1.82, 2.24) is 9.80 Å². The molecule has 4 aliphatic carbocycles. The van der Waals surface area contributed by atoms with Gasteiger partial charge in [0.2, 0.25) is 11.8 Å². The van der Waals surface area contributed by atoms with Crippen molar-refractivity contribution in [3.63, 3.8) is 0 Å². The highest BCUT2D eigenvalue weighted by Crippen LogP contribution is 2.62. The van der Waals surface area contributed by atoms with Crippen molar-refractivity contribution < 1.29 is 9.59 Å². The average molecular weight is 344 g/mol. The highest BCUT2D eigenvalue weighted by Gasteiger charge is 2.51. The minimum absolute atomic E-state index is 0.120. The van der Waals surface area contributed by atoms with E-state index in [1.807, 2.05) is 15.9 Å². The Morgan fingerprint density at radius 1 is 0.840 bits per heavy atom. The SMILES string of the molecule is CC(=O)N1CCCN(C(=O)/C=C(\C)C23CC4CC(CC(C4)C2)C3)CC1. The molecule has 138 valence electrons. The number of carbonyl (C=O) groups is 2. The predicted molar refractivity (Wildman–Crippen MR) is 97.8 cm³/mol. The molecule has 5 aliphatic rings. The van der Waals surface area contributed by atoms with Crippen molar-refractivity contribution in [1.29, 1.82) is 0 Å². The van der Waals surface area contributed by atoms with E-state index in [2.05, 4.69) is 6.92 Å². The number of carbonyl (C=O) groups excluding carboxylic acids is 2. The van der Waals surface area contributed by atoms with Gasteiger partial charge in [-0.1, -0.05) is 5.57 Å². The first-order chi connectivity index (χ1) is 11.9. The highest BCUT2D eigenvalue weighted by molar-refractivity contribution is 5.88. The van der Waals surface area contributed by atoms with Gasteiger partial charge >= 0.3 is 0 Å². The largest absolute Gasteiger partial charge is 0.341 e. The van der Waals surface area contributed by atoms with Crippen LogP contribution in [-0.4, -0.2) is 47.8 Å². The van der Waals surface area contributed by atoms with E-state index in [9.17, 15) is 9.59 Å². The van der Waals surface area contributed by atoms with Crippen molar-refractivity contribution >= 4 is 11.8 Å². The average Bonchev–Trinajstić information content (AvgIpc) is 2.79. The van der Waals surface area contributed by atoms with Crippen LogP contribution in [0.2, 0.25) is 0 Å².